The SMILES string of the molecule is Cc1ccc([C@@H](CN2CCCC2)N(C)C(=O)C2c3ccccc3Oc3ccccc32)cc1. The van der Waals surface area contributed by atoms with Crippen LogP contribution in [-0.4, -0.2) is 42.4 Å². The van der Waals surface area contributed by atoms with Crippen molar-refractivity contribution in [2.24, 2.45) is 0 Å². The van der Waals surface area contributed by atoms with Gasteiger partial charge in [-0.2, -0.15) is 0 Å². The first-order valence-electron chi connectivity index (χ1n) is 11.5. The highest BCUT2D eigenvalue weighted by atomic mass is 16.5. The lowest BCUT2D eigenvalue weighted by Gasteiger charge is -2.36. The van der Waals surface area contributed by atoms with Crippen LogP contribution < -0.4 is 4.74 Å². The van der Waals surface area contributed by atoms with E-state index in [1.54, 1.807) is 0 Å². The summed E-state index contributed by atoms with van der Waals surface area (Å²) >= 11 is 0. The zero-order valence-corrected chi connectivity index (χ0v) is 18.8. The molecule has 164 valence electrons. The summed E-state index contributed by atoms with van der Waals surface area (Å²) in [4.78, 5) is 18.6. The summed E-state index contributed by atoms with van der Waals surface area (Å²) in [6.45, 7) is 5.17. The smallest absolute Gasteiger partial charge is 0.235 e. The fourth-order valence-electron chi connectivity index (χ4n) is 4.98. The van der Waals surface area contributed by atoms with Gasteiger partial charge in [-0.15, -0.1) is 0 Å². The van der Waals surface area contributed by atoms with Crippen LogP contribution >= 0.6 is 0 Å². The molecule has 0 aromatic heterocycles. The van der Waals surface area contributed by atoms with E-state index in [0.29, 0.717) is 0 Å². The number of nitrogens with zero attached hydrogens (tertiary/aromatic N) is 2. The molecule has 2 aliphatic heterocycles. The number of fused-ring (bicyclic) bond motifs is 2. The Morgan fingerprint density at radius 2 is 1.50 bits per heavy atom. The van der Waals surface area contributed by atoms with E-state index in [9.17, 15) is 4.79 Å². The van der Waals surface area contributed by atoms with Crippen molar-refractivity contribution >= 4 is 5.91 Å². The van der Waals surface area contributed by atoms with Gasteiger partial charge in [0, 0.05) is 24.7 Å². The third-order valence-electron chi connectivity index (χ3n) is 6.83. The Hall–Kier alpha value is -3.11. The average Bonchev–Trinajstić information content (AvgIpc) is 3.34. The number of ether oxygens (including phenoxy) is 1. The molecule has 4 heteroatoms. The van der Waals surface area contributed by atoms with Crippen molar-refractivity contribution in [1.29, 1.82) is 0 Å². The van der Waals surface area contributed by atoms with Gasteiger partial charge < -0.3 is 14.5 Å². The van der Waals surface area contributed by atoms with Crippen LogP contribution in [0.2, 0.25) is 0 Å². The third-order valence-corrected chi connectivity index (χ3v) is 6.83. The number of rotatable bonds is 5. The minimum Gasteiger partial charge on any atom is -0.457 e. The van der Waals surface area contributed by atoms with Gasteiger partial charge in [-0.05, 0) is 50.6 Å². The molecule has 1 amide bonds. The van der Waals surface area contributed by atoms with Gasteiger partial charge in [0.1, 0.15) is 11.5 Å². The van der Waals surface area contributed by atoms with Crippen molar-refractivity contribution < 1.29 is 9.53 Å². The van der Waals surface area contributed by atoms with Crippen LogP contribution in [-0.2, 0) is 4.79 Å². The van der Waals surface area contributed by atoms with Gasteiger partial charge in [-0.3, -0.25) is 4.79 Å². The average molecular weight is 427 g/mol. The van der Waals surface area contributed by atoms with E-state index in [4.69, 9.17) is 4.74 Å². The number of amides is 1. The first kappa shape index (κ1) is 20.8. The van der Waals surface area contributed by atoms with Gasteiger partial charge in [0.2, 0.25) is 5.91 Å². The molecule has 4 nitrogen and oxygen atoms in total. The topological polar surface area (TPSA) is 32.8 Å². The minimum atomic E-state index is -0.368. The van der Waals surface area contributed by atoms with Crippen LogP contribution in [0.4, 0.5) is 0 Å². The van der Waals surface area contributed by atoms with Crippen molar-refractivity contribution in [3.63, 3.8) is 0 Å². The van der Waals surface area contributed by atoms with Gasteiger partial charge >= 0.3 is 0 Å². The van der Waals surface area contributed by atoms with E-state index >= 15 is 0 Å². The molecule has 32 heavy (non-hydrogen) atoms. The summed E-state index contributed by atoms with van der Waals surface area (Å²) in [5, 5.41) is 0. The minimum absolute atomic E-state index is 0.00312. The maximum Gasteiger partial charge on any atom is 0.235 e. The van der Waals surface area contributed by atoms with Crippen LogP contribution in [0.1, 0.15) is 47.1 Å². The number of para-hydroxylation sites is 2. The fourth-order valence-corrected chi connectivity index (χ4v) is 4.98. The van der Waals surface area contributed by atoms with Crippen LogP contribution in [0.15, 0.2) is 72.8 Å². The van der Waals surface area contributed by atoms with Crippen LogP contribution in [0, 0.1) is 6.92 Å². The van der Waals surface area contributed by atoms with Crippen LogP contribution in [0.3, 0.4) is 0 Å². The highest BCUT2D eigenvalue weighted by Crippen LogP contribution is 2.45. The first-order valence-corrected chi connectivity index (χ1v) is 11.5. The normalized spacial score (nSPS) is 16.7. The van der Waals surface area contributed by atoms with E-state index in [-0.39, 0.29) is 17.9 Å². The maximum absolute atomic E-state index is 14.1. The molecule has 0 saturated carbocycles. The molecule has 3 aromatic carbocycles. The molecule has 2 aliphatic rings. The van der Waals surface area contributed by atoms with Crippen LogP contribution in [0.5, 0.6) is 11.5 Å². The summed E-state index contributed by atoms with van der Waals surface area (Å²) in [7, 11) is 1.96. The summed E-state index contributed by atoms with van der Waals surface area (Å²) < 4.78 is 6.12. The van der Waals surface area contributed by atoms with E-state index in [1.165, 1.54) is 24.0 Å². The lowest BCUT2D eigenvalue weighted by Crippen LogP contribution is -2.41. The Balaban J connectivity index is 1.52. The zero-order chi connectivity index (χ0) is 22.1. The number of hydrogen-bond donors (Lipinski definition) is 0. The summed E-state index contributed by atoms with van der Waals surface area (Å²) in [6.07, 6.45) is 2.47. The van der Waals surface area contributed by atoms with Gasteiger partial charge in [-0.1, -0.05) is 66.2 Å². The Labute approximate surface area is 190 Å². The monoisotopic (exact) mass is 426 g/mol. The number of carbonyl (C=O) groups excluding carboxylic acids is 1. The van der Waals surface area contributed by atoms with Crippen molar-refractivity contribution in [2.45, 2.75) is 31.7 Å². The summed E-state index contributed by atoms with van der Waals surface area (Å²) in [5.74, 6) is 1.28. The molecule has 1 atom stereocenters. The third kappa shape index (κ3) is 3.91. The molecular weight excluding hydrogens is 396 g/mol. The van der Waals surface area contributed by atoms with E-state index in [1.807, 2.05) is 60.5 Å². The predicted octanol–water partition coefficient (Wildman–Crippen LogP) is 5.53. The Morgan fingerprint density at radius 3 is 2.09 bits per heavy atom. The first-order chi connectivity index (χ1) is 15.6. The Morgan fingerprint density at radius 1 is 0.938 bits per heavy atom. The molecule has 3 aromatic rings. The largest absolute Gasteiger partial charge is 0.457 e. The van der Waals surface area contributed by atoms with E-state index in [2.05, 4.69) is 36.1 Å². The lowest BCUT2D eigenvalue weighted by atomic mass is 9.86. The number of likely N-dealkylation sites (tertiary alicyclic amines) is 1. The van der Waals surface area contributed by atoms with E-state index < -0.39 is 0 Å². The second-order valence-corrected chi connectivity index (χ2v) is 8.99. The second-order valence-electron chi connectivity index (χ2n) is 8.99. The molecule has 1 fully saturated rings. The molecule has 0 spiro atoms. The predicted molar refractivity (Wildman–Crippen MR) is 127 cm³/mol. The number of likely N-dealkylation sites (N-methyl/N-ethyl adjacent to an activating group) is 1. The quantitative estimate of drug-likeness (QED) is 0.538. The summed E-state index contributed by atoms with van der Waals surface area (Å²) in [5.41, 5.74) is 4.29. The number of hydrogen-bond acceptors (Lipinski definition) is 3. The van der Waals surface area contributed by atoms with Gasteiger partial charge in [0.15, 0.2) is 0 Å². The molecule has 5 rings (SSSR count). The molecule has 1 saturated heterocycles. The molecule has 0 aliphatic carbocycles. The second kappa shape index (κ2) is 8.79. The Kier molecular flexibility index (Phi) is 5.71. The number of aryl methyl sites for hydroxylation is 1. The standard InChI is InChI=1S/C28H30N2O2/c1-20-13-15-21(16-14-20)24(19-30-17-7-8-18-30)29(2)28(31)27-22-9-3-5-11-25(22)32-26-12-6-4-10-23(26)27/h3-6,9-16,24,27H,7-8,17-19H2,1-2H3/t24-/m1/s1. The number of benzene rings is 3. The molecule has 0 unspecified atom stereocenters. The highest BCUT2D eigenvalue weighted by molar-refractivity contribution is 5.90. The fraction of sp³-hybridized carbons (Fsp3) is 0.321. The highest BCUT2D eigenvalue weighted by Gasteiger charge is 2.37. The molecule has 0 N–H and O–H groups in total. The van der Waals surface area contributed by atoms with Gasteiger partial charge in [0.05, 0.1) is 12.0 Å². The van der Waals surface area contributed by atoms with Crippen molar-refractivity contribution in [3.8, 4) is 11.5 Å². The van der Waals surface area contributed by atoms with Crippen molar-refractivity contribution in [2.75, 3.05) is 26.7 Å². The van der Waals surface area contributed by atoms with Crippen molar-refractivity contribution in [1.82, 2.24) is 9.80 Å². The maximum atomic E-state index is 14.1. The van der Waals surface area contributed by atoms with Gasteiger partial charge in [0.25, 0.3) is 0 Å². The number of carbonyl (C=O) groups is 1. The lowest BCUT2D eigenvalue weighted by molar-refractivity contribution is -0.133. The summed E-state index contributed by atoms with van der Waals surface area (Å²) in [6, 6.07) is 24.5. The zero-order valence-electron chi connectivity index (χ0n) is 18.8. The molecule has 0 radical (unpaired) electrons. The van der Waals surface area contributed by atoms with Gasteiger partial charge in [-0.25, -0.2) is 0 Å². The van der Waals surface area contributed by atoms with E-state index in [0.717, 1.165) is 42.3 Å². The van der Waals surface area contributed by atoms with Crippen LogP contribution in [0.25, 0.3) is 0 Å². The molecule has 2 heterocycles. The van der Waals surface area contributed by atoms with Crippen molar-refractivity contribution in [3.05, 3.63) is 95.1 Å². The Bertz CT molecular complexity index is 1060. The molecular formula is C28H30N2O2. The molecule has 0 bridgehead atoms.